The first kappa shape index (κ1) is 24.1. The second kappa shape index (κ2) is 9.49. The lowest BCUT2D eigenvalue weighted by atomic mass is 10.2. The highest BCUT2D eigenvalue weighted by Crippen LogP contribution is 2.30. The number of methoxy groups -OCH3 is 1. The van der Waals surface area contributed by atoms with Crippen LogP contribution in [-0.4, -0.2) is 28.0 Å². The molecule has 0 spiro atoms. The number of benzene rings is 3. The van der Waals surface area contributed by atoms with Crippen LogP contribution in [0.3, 0.4) is 0 Å². The van der Waals surface area contributed by atoms with E-state index < -0.39 is 40.0 Å². The third kappa shape index (κ3) is 5.80. The molecule has 0 aliphatic carbocycles. The van der Waals surface area contributed by atoms with Gasteiger partial charge < -0.3 is 10.1 Å². The summed E-state index contributed by atoms with van der Waals surface area (Å²) in [5, 5.41) is 2.37. The molecule has 33 heavy (non-hydrogen) atoms. The summed E-state index contributed by atoms with van der Waals surface area (Å²) in [6.07, 6.45) is -4.53. The fourth-order valence-corrected chi connectivity index (χ4v) is 4.29. The summed E-state index contributed by atoms with van der Waals surface area (Å²) in [6.45, 7) is -0.707. The van der Waals surface area contributed by atoms with Crippen LogP contribution in [0, 0.1) is 5.82 Å². The van der Waals surface area contributed by atoms with Crippen molar-refractivity contribution in [2.45, 2.75) is 11.1 Å². The number of carbonyl (C=O) groups excluding carboxylic acids is 1. The van der Waals surface area contributed by atoms with E-state index in [1.54, 1.807) is 0 Å². The van der Waals surface area contributed by atoms with Gasteiger partial charge in [-0.3, -0.25) is 9.10 Å². The van der Waals surface area contributed by atoms with E-state index in [0.29, 0.717) is 5.75 Å². The maximum atomic E-state index is 13.4. The number of rotatable bonds is 7. The first-order valence-electron chi connectivity index (χ1n) is 9.40. The fraction of sp³-hybridized carbons (Fsp3) is 0.136. The molecule has 0 heterocycles. The van der Waals surface area contributed by atoms with Crippen molar-refractivity contribution in [2.75, 3.05) is 23.3 Å². The highest BCUT2D eigenvalue weighted by Gasteiger charge is 2.30. The zero-order valence-electron chi connectivity index (χ0n) is 17.1. The van der Waals surface area contributed by atoms with E-state index in [9.17, 15) is 30.8 Å². The van der Waals surface area contributed by atoms with Gasteiger partial charge in [0.2, 0.25) is 5.91 Å². The Labute approximate surface area is 187 Å². The van der Waals surface area contributed by atoms with Gasteiger partial charge in [0.05, 0.1) is 23.3 Å². The molecule has 3 aromatic carbocycles. The number of nitrogens with zero attached hydrogens (tertiary/aromatic N) is 1. The summed E-state index contributed by atoms with van der Waals surface area (Å²) in [5.74, 6) is -0.992. The molecule has 0 bridgehead atoms. The number of nitrogens with one attached hydrogen (secondary N) is 1. The van der Waals surface area contributed by atoms with Crippen molar-refractivity contribution in [3.05, 3.63) is 84.2 Å². The van der Waals surface area contributed by atoms with E-state index in [1.807, 2.05) is 0 Å². The molecule has 0 aromatic heterocycles. The van der Waals surface area contributed by atoms with Gasteiger partial charge in [0.15, 0.2) is 0 Å². The van der Waals surface area contributed by atoms with E-state index in [4.69, 9.17) is 4.74 Å². The first-order valence-corrected chi connectivity index (χ1v) is 10.8. The molecule has 3 rings (SSSR count). The van der Waals surface area contributed by atoms with Crippen LogP contribution in [0.1, 0.15) is 5.56 Å². The highest BCUT2D eigenvalue weighted by atomic mass is 32.2. The molecule has 0 saturated carbocycles. The second-order valence-corrected chi connectivity index (χ2v) is 8.65. The van der Waals surface area contributed by atoms with Gasteiger partial charge in [0.25, 0.3) is 10.0 Å². The molecule has 0 saturated heterocycles. The molecule has 3 aromatic rings. The minimum atomic E-state index is -4.53. The zero-order chi connectivity index (χ0) is 24.2. The lowest BCUT2D eigenvalue weighted by Crippen LogP contribution is -2.38. The van der Waals surface area contributed by atoms with Crippen molar-refractivity contribution in [2.24, 2.45) is 0 Å². The Morgan fingerprint density at radius 1 is 0.939 bits per heavy atom. The highest BCUT2D eigenvalue weighted by molar-refractivity contribution is 7.92. The number of carbonyl (C=O) groups is 1. The molecular formula is C22H18F4N2O4S. The van der Waals surface area contributed by atoms with Crippen LogP contribution in [0.25, 0.3) is 0 Å². The summed E-state index contributed by atoms with van der Waals surface area (Å²) in [4.78, 5) is 12.4. The molecule has 1 amide bonds. The molecule has 0 aliphatic rings. The summed E-state index contributed by atoms with van der Waals surface area (Å²) in [7, 11) is -2.84. The molecule has 0 aliphatic heterocycles. The quantitative estimate of drug-likeness (QED) is 0.496. The van der Waals surface area contributed by atoms with Gasteiger partial charge in [-0.2, -0.15) is 13.2 Å². The standard InChI is InChI=1S/C22H18F4N2O4S/c1-32-19-10-12-20(13-11-19)33(30,31)28(18-8-4-16(23)5-9-18)14-21(29)27-17-6-2-15(3-7-17)22(24,25)26/h2-13H,14H2,1H3,(H,27,29). The largest absolute Gasteiger partial charge is 0.497 e. The Morgan fingerprint density at radius 2 is 1.52 bits per heavy atom. The topological polar surface area (TPSA) is 75.7 Å². The third-order valence-electron chi connectivity index (χ3n) is 4.55. The van der Waals surface area contributed by atoms with Gasteiger partial charge in [-0.05, 0) is 72.8 Å². The first-order chi connectivity index (χ1) is 15.5. The third-order valence-corrected chi connectivity index (χ3v) is 6.33. The lowest BCUT2D eigenvalue weighted by molar-refractivity contribution is -0.137. The predicted octanol–water partition coefficient (Wildman–Crippen LogP) is 4.69. The molecule has 0 unspecified atom stereocenters. The predicted molar refractivity (Wildman–Crippen MR) is 114 cm³/mol. The Balaban J connectivity index is 1.88. The molecule has 0 fully saturated rings. The Hall–Kier alpha value is -3.60. The van der Waals surface area contributed by atoms with Crippen molar-refractivity contribution < 1.29 is 35.5 Å². The molecule has 1 N–H and O–H groups in total. The normalized spacial score (nSPS) is 11.7. The van der Waals surface area contributed by atoms with E-state index in [0.717, 1.165) is 40.7 Å². The molecule has 6 nitrogen and oxygen atoms in total. The average molecular weight is 482 g/mol. The van der Waals surface area contributed by atoms with Crippen LogP contribution in [0.5, 0.6) is 5.75 Å². The van der Waals surface area contributed by atoms with Crippen molar-refractivity contribution in [3.8, 4) is 5.75 Å². The van der Waals surface area contributed by atoms with Crippen LogP contribution in [0.15, 0.2) is 77.7 Å². The van der Waals surface area contributed by atoms with Crippen molar-refractivity contribution in [1.29, 1.82) is 0 Å². The van der Waals surface area contributed by atoms with Crippen LogP contribution in [0.2, 0.25) is 0 Å². The minimum Gasteiger partial charge on any atom is -0.497 e. The van der Waals surface area contributed by atoms with Crippen molar-refractivity contribution >= 4 is 27.3 Å². The summed E-state index contributed by atoms with van der Waals surface area (Å²) in [6, 6.07) is 13.6. The number of amides is 1. The minimum absolute atomic E-state index is 0.0230. The number of halogens is 4. The van der Waals surface area contributed by atoms with Gasteiger partial charge in [-0.25, -0.2) is 12.8 Å². The van der Waals surface area contributed by atoms with Crippen molar-refractivity contribution in [1.82, 2.24) is 0 Å². The van der Waals surface area contributed by atoms with E-state index in [-0.39, 0.29) is 16.3 Å². The van der Waals surface area contributed by atoms with Gasteiger partial charge in [0.1, 0.15) is 18.1 Å². The molecular weight excluding hydrogens is 464 g/mol. The Kier molecular flexibility index (Phi) is 6.92. The van der Waals surface area contributed by atoms with E-state index in [1.165, 1.54) is 43.5 Å². The number of ether oxygens (including phenoxy) is 1. The van der Waals surface area contributed by atoms with Crippen LogP contribution >= 0.6 is 0 Å². The molecule has 0 radical (unpaired) electrons. The number of anilines is 2. The van der Waals surface area contributed by atoms with Crippen molar-refractivity contribution in [3.63, 3.8) is 0 Å². The molecule has 11 heteroatoms. The van der Waals surface area contributed by atoms with Crippen LogP contribution < -0.4 is 14.4 Å². The summed E-state index contributed by atoms with van der Waals surface area (Å²) in [5.41, 5.74) is -0.820. The number of hydrogen-bond acceptors (Lipinski definition) is 4. The Bertz CT molecular complexity index is 1210. The number of alkyl halides is 3. The molecule has 0 atom stereocenters. The summed E-state index contributed by atoms with van der Waals surface area (Å²) < 4.78 is 83.8. The van der Waals surface area contributed by atoms with E-state index >= 15 is 0 Å². The van der Waals surface area contributed by atoms with Gasteiger partial charge in [-0.1, -0.05) is 0 Å². The zero-order valence-corrected chi connectivity index (χ0v) is 18.0. The maximum absolute atomic E-state index is 13.4. The smallest absolute Gasteiger partial charge is 0.416 e. The summed E-state index contributed by atoms with van der Waals surface area (Å²) >= 11 is 0. The maximum Gasteiger partial charge on any atom is 0.416 e. The second-order valence-electron chi connectivity index (χ2n) is 6.79. The average Bonchev–Trinajstić information content (AvgIpc) is 2.78. The van der Waals surface area contributed by atoms with Gasteiger partial charge in [0, 0.05) is 5.69 Å². The van der Waals surface area contributed by atoms with Gasteiger partial charge in [-0.15, -0.1) is 0 Å². The van der Waals surface area contributed by atoms with E-state index in [2.05, 4.69) is 5.32 Å². The number of sulfonamides is 1. The van der Waals surface area contributed by atoms with Crippen LogP contribution in [-0.2, 0) is 21.0 Å². The fourth-order valence-electron chi connectivity index (χ4n) is 2.87. The van der Waals surface area contributed by atoms with Gasteiger partial charge >= 0.3 is 6.18 Å². The Morgan fingerprint density at radius 3 is 2.03 bits per heavy atom. The SMILES string of the molecule is COc1ccc(S(=O)(=O)N(CC(=O)Nc2ccc(C(F)(F)F)cc2)c2ccc(F)cc2)cc1. The lowest BCUT2D eigenvalue weighted by Gasteiger charge is -2.24. The molecule has 174 valence electrons. The number of hydrogen-bond donors (Lipinski definition) is 1. The van der Waals surface area contributed by atoms with Crippen LogP contribution in [0.4, 0.5) is 28.9 Å². The monoisotopic (exact) mass is 482 g/mol.